The number of rotatable bonds is 3. The number of benzene rings is 6. The highest BCUT2D eigenvalue weighted by atomic mass is 16.5. The third-order valence-corrected chi connectivity index (χ3v) is 15.3. The molecule has 0 fully saturated rings. The van der Waals surface area contributed by atoms with E-state index in [1.807, 2.05) is 6.20 Å². The van der Waals surface area contributed by atoms with Crippen LogP contribution < -0.4 is 9.30 Å². The van der Waals surface area contributed by atoms with Crippen molar-refractivity contribution in [3.8, 4) is 34.1 Å². The first-order valence-electron chi connectivity index (χ1n) is 24.9. The number of para-hydroxylation sites is 2. The fraction of sp³-hybridized carbons (Fsp3) is 0.344. The molecule has 1 aliphatic carbocycles. The topological polar surface area (TPSA) is 35.9 Å². The van der Waals surface area contributed by atoms with Crippen LogP contribution in [0.3, 0.4) is 0 Å². The molecule has 2 aliphatic rings. The third kappa shape index (κ3) is 6.69. The zero-order valence-corrected chi connectivity index (χ0v) is 43.7. The first kappa shape index (κ1) is 45.0. The fourth-order valence-electron chi connectivity index (χ4n) is 11.6. The lowest BCUT2D eigenvalue weighted by Crippen LogP contribution is -2.38. The molecule has 0 saturated carbocycles. The summed E-state index contributed by atoms with van der Waals surface area (Å²) in [6.07, 6.45) is 5.73. The third-order valence-electron chi connectivity index (χ3n) is 15.3. The minimum Gasteiger partial charge on any atom is -0.458 e. The van der Waals surface area contributed by atoms with E-state index in [9.17, 15) is 0 Å². The maximum Gasteiger partial charge on any atom is 0.244 e. The summed E-state index contributed by atoms with van der Waals surface area (Å²) in [6, 6.07) is 43.5. The molecule has 0 amide bonds. The lowest BCUT2D eigenvalue weighted by atomic mass is 9.60. The molecule has 9 aromatic rings. The molecule has 0 N–H and O–H groups in total. The van der Waals surface area contributed by atoms with E-state index in [-0.39, 0.29) is 27.1 Å². The first-order chi connectivity index (χ1) is 32.3. The maximum atomic E-state index is 7.09. The van der Waals surface area contributed by atoms with Gasteiger partial charge in [0.05, 0.1) is 40.2 Å². The lowest BCUT2D eigenvalue weighted by Gasteiger charge is -2.45. The van der Waals surface area contributed by atoms with Crippen LogP contribution in [0, 0.1) is 6.33 Å². The van der Waals surface area contributed by atoms with Gasteiger partial charge in [0.2, 0.25) is 6.33 Å². The van der Waals surface area contributed by atoms with Gasteiger partial charge < -0.3 is 13.9 Å². The van der Waals surface area contributed by atoms with Crippen LogP contribution in [0.4, 0.5) is 0 Å². The average molecular weight is 909 g/mol. The highest BCUT2D eigenvalue weighted by molar-refractivity contribution is 6.09. The molecule has 1 spiro atoms. The summed E-state index contributed by atoms with van der Waals surface area (Å²) in [4.78, 5) is 4.95. The molecule has 3 aromatic heterocycles. The predicted molar refractivity (Wildman–Crippen MR) is 286 cm³/mol. The van der Waals surface area contributed by atoms with Gasteiger partial charge in [-0.25, -0.2) is 4.98 Å². The quantitative estimate of drug-likeness (QED) is 0.131. The first-order valence-corrected chi connectivity index (χ1v) is 24.9. The van der Waals surface area contributed by atoms with Crippen molar-refractivity contribution in [2.75, 3.05) is 0 Å². The minimum absolute atomic E-state index is 0.0218. The number of imidazole rings is 1. The highest BCUT2D eigenvalue weighted by Crippen LogP contribution is 2.65. The molecule has 5 heteroatoms. The number of hydrogen-bond donors (Lipinski definition) is 0. The van der Waals surface area contributed by atoms with Crippen LogP contribution >= 0.6 is 0 Å². The molecular weight excluding hydrogens is 841 g/mol. The van der Waals surface area contributed by atoms with Crippen LogP contribution in [0.1, 0.15) is 154 Å². The van der Waals surface area contributed by atoms with E-state index >= 15 is 0 Å². The summed E-state index contributed by atoms with van der Waals surface area (Å²) in [5.41, 5.74) is 19.2. The Hall–Kier alpha value is -6.46. The van der Waals surface area contributed by atoms with E-state index in [1.165, 1.54) is 72.1 Å². The summed E-state index contributed by atoms with van der Waals surface area (Å²) in [7, 11) is 2.13. The number of hydrogen-bond acceptors (Lipinski definition) is 2. The number of nitrogens with zero attached hydrogens (tertiary/aromatic N) is 4. The standard InChI is InChI=1S/C64H68N4O/c1-59(2,3)38-28-29-65-55(34-38)68-51-22-18-17-20-43(51)44-26-24-41(35-53(44)68)69-42-25-27-47-54(36-42)67-37-66(16)52-23-19-21-48(58(52)67)64(47)56-45(30-39(60(4,5)6)32-49(56)62(10,11)12)46-31-40(61(7,8)9)33-50(57(46)64)63(13,14)15/h17-36H,1-16H3. The highest BCUT2D eigenvalue weighted by Gasteiger charge is 2.54. The zero-order valence-electron chi connectivity index (χ0n) is 43.7. The molecule has 0 saturated heterocycles. The largest absolute Gasteiger partial charge is 0.458 e. The Bertz CT molecular complexity index is 3530. The Balaban J connectivity index is 1.20. The zero-order chi connectivity index (χ0) is 49.1. The molecule has 0 atom stereocenters. The molecule has 0 unspecified atom stereocenters. The van der Waals surface area contributed by atoms with Crippen molar-refractivity contribution in [1.29, 1.82) is 0 Å². The predicted octanol–water partition coefficient (Wildman–Crippen LogP) is 15.7. The van der Waals surface area contributed by atoms with Crippen molar-refractivity contribution in [3.05, 3.63) is 178 Å². The van der Waals surface area contributed by atoms with Gasteiger partial charge in [-0.05, 0) is 131 Å². The van der Waals surface area contributed by atoms with E-state index in [2.05, 4.69) is 246 Å². The van der Waals surface area contributed by atoms with Crippen LogP contribution in [-0.4, -0.2) is 14.1 Å². The van der Waals surface area contributed by atoms with E-state index in [4.69, 9.17) is 9.72 Å². The molecule has 11 rings (SSSR count). The Labute approximate surface area is 409 Å². The second kappa shape index (κ2) is 14.5. The molecule has 1 aliphatic heterocycles. The van der Waals surface area contributed by atoms with Gasteiger partial charge in [-0.1, -0.05) is 171 Å². The summed E-state index contributed by atoms with van der Waals surface area (Å²) in [6.45, 7) is 35.3. The van der Waals surface area contributed by atoms with E-state index in [0.717, 1.165) is 44.9 Å². The Morgan fingerprint density at radius 2 is 1.10 bits per heavy atom. The van der Waals surface area contributed by atoms with Crippen LogP contribution in [0.2, 0.25) is 0 Å². The van der Waals surface area contributed by atoms with Gasteiger partial charge in [0.1, 0.15) is 17.3 Å². The van der Waals surface area contributed by atoms with Gasteiger partial charge in [-0.15, -0.1) is 0 Å². The second-order valence-corrected chi connectivity index (χ2v) is 25.3. The van der Waals surface area contributed by atoms with Gasteiger partial charge in [-0.2, -0.15) is 0 Å². The Kier molecular flexibility index (Phi) is 9.49. The van der Waals surface area contributed by atoms with Crippen molar-refractivity contribution in [3.63, 3.8) is 0 Å². The maximum absolute atomic E-state index is 7.09. The van der Waals surface area contributed by atoms with Crippen LogP contribution in [-0.2, 0) is 39.5 Å². The lowest BCUT2D eigenvalue weighted by molar-refractivity contribution is -0.649. The molecule has 0 bridgehead atoms. The average Bonchev–Trinajstić information content (AvgIpc) is 3.89. The molecule has 6 aromatic carbocycles. The van der Waals surface area contributed by atoms with Gasteiger partial charge in [0, 0.05) is 23.0 Å². The summed E-state index contributed by atoms with van der Waals surface area (Å²) in [5, 5.41) is 2.35. The van der Waals surface area contributed by atoms with Crippen LogP contribution in [0.25, 0.3) is 55.5 Å². The number of aromatic nitrogens is 4. The monoisotopic (exact) mass is 909 g/mol. The van der Waals surface area contributed by atoms with E-state index in [0.29, 0.717) is 0 Å². The molecule has 5 nitrogen and oxygen atoms in total. The molecular formula is C64H68N4O. The SMILES string of the molecule is C[n+]1[c-]n2c3c(cccc31)C1(c3ccc(Oc4ccc5c6ccccc6n(-c6cc(C(C)(C)C)ccn6)c5c4)cc3-2)c2c(cc(C(C)(C)C)cc2C(C)(C)C)-c2cc(C(C)(C)C)cc(C(C)(C)C)c21. The van der Waals surface area contributed by atoms with Crippen molar-refractivity contribution >= 4 is 32.8 Å². The number of aryl methyl sites for hydroxylation is 1. The van der Waals surface area contributed by atoms with Crippen molar-refractivity contribution < 1.29 is 9.30 Å². The Morgan fingerprint density at radius 3 is 1.71 bits per heavy atom. The molecule has 350 valence electrons. The van der Waals surface area contributed by atoms with Gasteiger partial charge in [0.15, 0.2) is 0 Å². The smallest absolute Gasteiger partial charge is 0.244 e. The number of fused-ring (bicyclic) bond motifs is 12. The van der Waals surface area contributed by atoms with Gasteiger partial charge in [-0.3, -0.25) is 4.57 Å². The van der Waals surface area contributed by atoms with E-state index < -0.39 is 5.41 Å². The number of pyridine rings is 1. The summed E-state index contributed by atoms with van der Waals surface area (Å²) in [5.74, 6) is 2.43. The molecule has 69 heavy (non-hydrogen) atoms. The normalized spacial score (nSPS) is 14.5. The van der Waals surface area contributed by atoms with Crippen molar-refractivity contribution in [2.45, 2.75) is 136 Å². The van der Waals surface area contributed by atoms with Gasteiger partial charge in [0.25, 0.3) is 0 Å². The van der Waals surface area contributed by atoms with Crippen LogP contribution in [0.15, 0.2) is 121 Å². The molecule has 0 radical (unpaired) electrons. The van der Waals surface area contributed by atoms with E-state index in [1.54, 1.807) is 0 Å². The number of ether oxygens (including phenoxy) is 1. The fourth-order valence-corrected chi connectivity index (χ4v) is 11.6. The van der Waals surface area contributed by atoms with Crippen LogP contribution in [0.5, 0.6) is 11.5 Å². The Morgan fingerprint density at radius 1 is 0.522 bits per heavy atom. The minimum atomic E-state index is -0.653. The summed E-state index contributed by atoms with van der Waals surface area (Å²) >= 11 is 0. The second-order valence-electron chi connectivity index (χ2n) is 25.3. The van der Waals surface area contributed by atoms with Crippen molar-refractivity contribution in [1.82, 2.24) is 14.1 Å². The molecule has 4 heterocycles. The van der Waals surface area contributed by atoms with Crippen molar-refractivity contribution in [2.24, 2.45) is 7.05 Å². The summed E-state index contributed by atoms with van der Waals surface area (Å²) < 4.78 is 13.9. The van der Waals surface area contributed by atoms with Gasteiger partial charge >= 0.3 is 0 Å².